The highest BCUT2D eigenvalue weighted by Crippen LogP contribution is 2.40. The molecule has 3 aliphatic carbocycles. The average molecular weight is 319 g/mol. The first kappa shape index (κ1) is 17.2. The summed E-state index contributed by atoms with van der Waals surface area (Å²) in [6.07, 6.45) is 18.6. The van der Waals surface area contributed by atoms with E-state index in [1.165, 1.54) is 70.5 Å². The van der Waals surface area contributed by atoms with Crippen LogP contribution in [0.25, 0.3) is 0 Å². The highest BCUT2D eigenvalue weighted by molar-refractivity contribution is 5.79. The molecule has 2 heteroatoms. The van der Waals surface area contributed by atoms with E-state index < -0.39 is 0 Å². The van der Waals surface area contributed by atoms with Gasteiger partial charge in [-0.1, -0.05) is 25.7 Å². The lowest BCUT2D eigenvalue weighted by Crippen LogP contribution is -2.23. The molecule has 0 saturated heterocycles. The fraction of sp³-hybridized carbons (Fsp3) is 0.905. The number of rotatable bonds is 5. The van der Waals surface area contributed by atoms with Crippen molar-refractivity contribution in [3.63, 3.8) is 0 Å². The van der Waals surface area contributed by atoms with Crippen molar-refractivity contribution >= 4 is 12.1 Å². The van der Waals surface area contributed by atoms with Crippen molar-refractivity contribution in [1.82, 2.24) is 0 Å². The zero-order valence-electron chi connectivity index (χ0n) is 14.7. The summed E-state index contributed by atoms with van der Waals surface area (Å²) in [5.74, 6) is 4.50. The molecule has 0 N–H and O–H groups in total. The van der Waals surface area contributed by atoms with Gasteiger partial charge in [-0.15, -0.1) is 0 Å². The molecular weight excluding hydrogens is 284 g/mol. The summed E-state index contributed by atoms with van der Waals surface area (Å²) >= 11 is 0. The molecule has 0 radical (unpaired) electrons. The van der Waals surface area contributed by atoms with Crippen molar-refractivity contribution in [1.29, 1.82) is 0 Å². The molecule has 0 spiro atoms. The maximum atomic E-state index is 11.4. The van der Waals surface area contributed by atoms with Gasteiger partial charge < -0.3 is 4.79 Å². The van der Waals surface area contributed by atoms with Crippen molar-refractivity contribution in [2.75, 3.05) is 0 Å². The molecule has 0 aromatic heterocycles. The summed E-state index contributed by atoms with van der Waals surface area (Å²) in [4.78, 5) is 22.2. The lowest BCUT2D eigenvalue weighted by molar-refractivity contribution is -0.121. The maximum absolute atomic E-state index is 11.4. The molecular formula is C21H34O2. The number of aldehydes is 1. The minimum absolute atomic E-state index is 0.365. The molecule has 3 saturated carbocycles. The van der Waals surface area contributed by atoms with Crippen molar-refractivity contribution in [2.45, 2.75) is 89.9 Å². The normalized spacial score (nSPS) is 36.8. The topological polar surface area (TPSA) is 34.1 Å². The fourth-order valence-electron chi connectivity index (χ4n) is 5.44. The van der Waals surface area contributed by atoms with Crippen LogP contribution in [-0.4, -0.2) is 12.1 Å². The molecule has 23 heavy (non-hydrogen) atoms. The van der Waals surface area contributed by atoms with E-state index in [0.29, 0.717) is 11.7 Å². The fourth-order valence-corrected chi connectivity index (χ4v) is 5.44. The molecule has 0 aromatic carbocycles. The zero-order chi connectivity index (χ0) is 16.1. The number of carbonyl (C=O) groups is 2. The monoisotopic (exact) mass is 318 g/mol. The van der Waals surface area contributed by atoms with Gasteiger partial charge in [-0.3, -0.25) is 4.79 Å². The Balaban J connectivity index is 1.32. The van der Waals surface area contributed by atoms with Crippen molar-refractivity contribution < 1.29 is 9.59 Å². The molecule has 2 nitrogen and oxygen atoms in total. The Kier molecular flexibility index (Phi) is 6.30. The summed E-state index contributed by atoms with van der Waals surface area (Å²) in [6, 6.07) is 0. The van der Waals surface area contributed by atoms with E-state index in [-0.39, 0.29) is 0 Å². The lowest BCUT2D eigenvalue weighted by atomic mass is 9.71. The number of ketones is 1. The standard InChI is InChI=1S/C21H34O2/c22-15-20-7-5-18(6-8-20)13-16-1-3-17(4-2-16)14-19-9-11-21(23)12-10-19/h15-20H,1-14H2. The summed E-state index contributed by atoms with van der Waals surface area (Å²) in [6.45, 7) is 0. The van der Waals surface area contributed by atoms with Gasteiger partial charge in [-0.05, 0) is 75.0 Å². The van der Waals surface area contributed by atoms with Gasteiger partial charge in [0.25, 0.3) is 0 Å². The summed E-state index contributed by atoms with van der Waals surface area (Å²) in [7, 11) is 0. The van der Waals surface area contributed by atoms with Gasteiger partial charge in [0, 0.05) is 18.8 Å². The first-order chi connectivity index (χ1) is 11.2. The van der Waals surface area contributed by atoms with E-state index in [2.05, 4.69) is 0 Å². The van der Waals surface area contributed by atoms with E-state index in [9.17, 15) is 9.59 Å². The third-order valence-corrected chi connectivity index (χ3v) is 7.05. The third-order valence-electron chi connectivity index (χ3n) is 7.05. The second-order valence-corrected chi connectivity index (χ2v) is 8.76. The highest BCUT2D eigenvalue weighted by atomic mass is 16.1. The van der Waals surface area contributed by atoms with Crippen LogP contribution in [0.2, 0.25) is 0 Å². The summed E-state index contributed by atoms with van der Waals surface area (Å²) < 4.78 is 0. The minimum atomic E-state index is 0.365. The van der Waals surface area contributed by atoms with Crippen molar-refractivity contribution in [3.05, 3.63) is 0 Å². The molecule has 0 bridgehead atoms. The van der Waals surface area contributed by atoms with Crippen LogP contribution in [0.1, 0.15) is 89.9 Å². The average Bonchev–Trinajstić information content (AvgIpc) is 2.59. The molecule has 0 aliphatic heterocycles. The molecule has 0 unspecified atom stereocenters. The molecule has 3 fully saturated rings. The maximum Gasteiger partial charge on any atom is 0.132 e. The SMILES string of the molecule is O=CC1CCC(CC2CCC(CC3CCC(=O)CC3)CC2)CC1. The zero-order valence-corrected chi connectivity index (χ0v) is 14.7. The number of carbonyl (C=O) groups excluding carboxylic acids is 2. The van der Waals surface area contributed by atoms with E-state index in [4.69, 9.17) is 0 Å². The van der Waals surface area contributed by atoms with Gasteiger partial charge in [0.05, 0.1) is 0 Å². The first-order valence-electron chi connectivity index (χ1n) is 10.2. The number of hydrogen-bond donors (Lipinski definition) is 0. The Hall–Kier alpha value is -0.660. The van der Waals surface area contributed by atoms with Gasteiger partial charge >= 0.3 is 0 Å². The Morgan fingerprint density at radius 2 is 1.04 bits per heavy atom. The molecule has 0 amide bonds. The molecule has 130 valence electrons. The van der Waals surface area contributed by atoms with Crippen LogP contribution >= 0.6 is 0 Å². The van der Waals surface area contributed by atoms with Crippen LogP contribution in [0.5, 0.6) is 0 Å². The Morgan fingerprint density at radius 1 is 0.652 bits per heavy atom. The Bertz CT molecular complexity index is 377. The smallest absolute Gasteiger partial charge is 0.132 e. The van der Waals surface area contributed by atoms with E-state index in [0.717, 1.165) is 49.4 Å². The quantitative estimate of drug-likeness (QED) is 0.641. The second-order valence-electron chi connectivity index (χ2n) is 8.76. The largest absolute Gasteiger partial charge is 0.303 e. The number of hydrogen-bond acceptors (Lipinski definition) is 2. The lowest BCUT2D eigenvalue weighted by Gasteiger charge is -2.34. The van der Waals surface area contributed by atoms with Crippen LogP contribution in [-0.2, 0) is 9.59 Å². The minimum Gasteiger partial charge on any atom is -0.303 e. The van der Waals surface area contributed by atoms with Gasteiger partial charge in [0.15, 0.2) is 0 Å². The summed E-state index contributed by atoms with van der Waals surface area (Å²) in [5.41, 5.74) is 0. The first-order valence-corrected chi connectivity index (χ1v) is 10.2. The highest BCUT2D eigenvalue weighted by Gasteiger charge is 2.28. The van der Waals surface area contributed by atoms with E-state index >= 15 is 0 Å². The van der Waals surface area contributed by atoms with Gasteiger partial charge in [0.2, 0.25) is 0 Å². The van der Waals surface area contributed by atoms with Crippen LogP contribution < -0.4 is 0 Å². The van der Waals surface area contributed by atoms with E-state index in [1.54, 1.807) is 0 Å². The van der Waals surface area contributed by atoms with Crippen molar-refractivity contribution in [2.24, 2.45) is 29.6 Å². The van der Waals surface area contributed by atoms with Crippen molar-refractivity contribution in [3.8, 4) is 0 Å². The molecule has 3 aliphatic rings. The van der Waals surface area contributed by atoms with E-state index in [1.807, 2.05) is 0 Å². The number of Topliss-reactive ketones (excluding diaryl/α,β-unsaturated/α-hetero) is 1. The van der Waals surface area contributed by atoms with Crippen LogP contribution in [0.15, 0.2) is 0 Å². The van der Waals surface area contributed by atoms with Crippen LogP contribution in [0.3, 0.4) is 0 Å². The second kappa shape index (κ2) is 8.44. The van der Waals surface area contributed by atoms with Crippen LogP contribution in [0, 0.1) is 29.6 Å². The van der Waals surface area contributed by atoms with Gasteiger partial charge in [-0.25, -0.2) is 0 Å². The Morgan fingerprint density at radius 3 is 1.48 bits per heavy atom. The molecule has 0 atom stereocenters. The van der Waals surface area contributed by atoms with Gasteiger partial charge in [-0.2, -0.15) is 0 Å². The third kappa shape index (κ3) is 5.16. The van der Waals surface area contributed by atoms with Gasteiger partial charge in [0.1, 0.15) is 12.1 Å². The Labute approximate surface area is 141 Å². The predicted octanol–water partition coefficient (Wildman–Crippen LogP) is 5.34. The molecule has 3 rings (SSSR count). The molecule has 0 aromatic rings. The summed E-state index contributed by atoms with van der Waals surface area (Å²) in [5, 5.41) is 0. The molecule has 0 heterocycles. The predicted molar refractivity (Wildman–Crippen MR) is 93.2 cm³/mol. The van der Waals surface area contributed by atoms with Crippen LogP contribution in [0.4, 0.5) is 0 Å².